The Balaban J connectivity index is 1.46. The highest BCUT2D eigenvalue weighted by atomic mass is 19.4. The number of carbonyl (C=O) groups is 2. The lowest BCUT2D eigenvalue weighted by Crippen LogP contribution is -2.47. The number of rotatable bonds is 3. The van der Waals surface area contributed by atoms with Crippen LogP contribution in [0, 0.1) is 0 Å². The van der Waals surface area contributed by atoms with Gasteiger partial charge in [0.1, 0.15) is 6.61 Å². The highest BCUT2D eigenvalue weighted by molar-refractivity contribution is 5.94. The molecule has 0 unspecified atom stereocenters. The first-order chi connectivity index (χ1) is 18.1. The van der Waals surface area contributed by atoms with Gasteiger partial charge in [0.15, 0.2) is 0 Å². The zero-order chi connectivity index (χ0) is 26.8. The SMILES string of the molecule is CC[C@@]1(OC(=O)c2ccc(C(F)(F)F)cc2)C(=O)OCc2c1cc1n(c2=O)Cc2cc3ccccc3nc2-1. The van der Waals surface area contributed by atoms with Crippen LogP contribution in [-0.4, -0.2) is 21.5 Å². The number of ether oxygens (including phenoxy) is 2. The Morgan fingerprint density at radius 1 is 1.11 bits per heavy atom. The summed E-state index contributed by atoms with van der Waals surface area (Å²) in [6.45, 7) is 1.59. The Kier molecular flexibility index (Phi) is 5.20. The number of benzene rings is 2. The van der Waals surface area contributed by atoms with Crippen molar-refractivity contribution in [3.8, 4) is 11.4 Å². The average molecular weight is 520 g/mol. The third kappa shape index (κ3) is 3.51. The van der Waals surface area contributed by atoms with Gasteiger partial charge in [-0.3, -0.25) is 4.79 Å². The Morgan fingerprint density at radius 2 is 1.84 bits per heavy atom. The summed E-state index contributed by atoms with van der Waals surface area (Å²) in [6, 6.07) is 14.6. The van der Waals surface area contributed by atoms with Crippen molar-refractivity contribution in [1.29, 1.82) is 0 Å². The number of alkyl halides is 3. The van der Waals surface area contributed by atoms with Gasteiger partial charge in [-0.05, 0) is 48.9 Å². The highest BCUT2D eigenvalue weighted by Crippen LogP contribution is 2.41. The van der Waals surface area contributed by atoms with Gasteiger partial charge in [-0.25, -0.2) is 14.6 Å². The van der Waals surface area contributed by atoms with E-state index in [9.17, 15) is 27.6 Å². The number of cyclic esters (lactones) is 1. The average Bonchev–Trinajstić information content (AvgIpc) is 3.26. The number of esters is 2. The van der Waals surface area contributed by atoms with E-state index < -0.39 is 34.8 Å². The third-order valence-corrected chi connectivity index (χ3v) is 7.10. The molecule has 2 aliphatic heterocycles. The summed E-state index contributed by atoms with van der Waals surface area (Å²) in [5.41, 5.74) is -0.458. The van der Waals surface area contributed by atoms with Crippen LogP contribution in [0.25, 0.3) is 22.3 Å². The van der Waals surface area contributed by atoms with E-state index in [2.05, 4.69) is 0 Å². The first kappa shape index (κ1) is 23.9. The second kappa shape index (κ2) is 8.27. The zero-order valence-corrected chi connectivity index (χ0v) is 20.0. The maximum Gasteiger partial charge on any atom is 0.416 e. The fourth-order valence-corrected chi connectivity index (χ4v) is 5.09. The number of halogens is 3. The number of pyridine rings is 2. The Morgan fingerprint density at radius 3 is 2.55 bits per heavy atom. The molecule has 0 bridgehead atoms. The molecular formula is C28H19F3N2O5. The van der Waals surface area contributed by atoms with Crippen molar-refractivity contribution in [2.24, 2.45) is 0 Å². The Labute approximate surface area is 213 Å². The maximum absolute atomic E-state index is 13.6. The molecule has 2 aromatic carbocycles. The molecule has 6 rings (SSSR count). The van der Waals surface area contributed by atoms with E-state index in [4.69, 9.17) is 14.5 Å². The van der Waals surface area contributed by atoms with Gasteiger partial charge in [0, 0.05) is 16.5 Å². The van der Waals surface area contributed by atoms with E-state index in [1.54, 1.807) is 17.6 Å². The van der Waals surface area contributed by atoms with Crippen LogP contribution in [0.2, 0.25) is 0 Å². The van der Waals surface area contributed by atoms with Crippen LogP contribution < -0.4 is 5.56 Å². The van der Waals surface area contributed by atoms with Crippen molar-refractivity contribution in [1.82, 2.24) is 9.55 Å². The van der Waals surface area contributed by atoms with Gasteiger partial charge in [0.2, 0.25) is 5.60 Å². The van der Waals surface area contributed by atoms with Crippen molar-refractivity contribution in [2.45, 2.75) is 38.3 Å². The Hall–Kier alpha value is -4.47. The minimum atomic E-state index is -4.57. The van der Waals surface area contributed by atoms with E-state index in [1.165, 1.54) is 0 Å². The van der Waals surface area contributed by atoms with E-state index >= 15 is 0 Å². The molecule has 38 heavy (non-hydrogen) atoms. The van der Waals surface area contributed by atoms with Gasteiger partial charge in [-0.15, -0.1) is 0 Å². The van der Waals surface area contributed by atoms with E-state index in [1.807, 2.05) is 30.3 Å². The summed E-state index contributed by atoms with van der Waals surface area (Å²) in [7, 11) is 0. The summed E-state index contributed by atoms with van der Waals surface area (Å²) >= 11 is 0. The summed E-state index contributed by atoms with van der Waals surface area (Å²) in [4.78, 5) is 44.5. The molecule has 0 radical (unpaired) electrons. The number of nitrogens with zero attached hydrogens (tertiary/aromatic N) is 2. The second-order valence-electron chi connectivity index (χ2n) is 9.22. The first-order valence-corrected chi connectivity index (χ1v) is 11.9. The molecule has 0 fully saturated rings. The zero-order valence-electron chi connectivity index (χ0n) is 20.0. The molecule has 0 saturated heterocycles. The predicted octanol–water partition coefficient (Wildman–Crippen LogP) is 4.96. The summed E-state index contributed by atoms with van der Waals surface area (Å²) in [6.07, 6.45) is -4.64. The van der Waals surface area contributed by atoms with Crippen LogP contribution in [0.3, 0.4) is 0 Å². The predicted molar refractivity (Wildman–Crippen MR) is 129 cm³/mol. The summed E-state index contributed by atoms with van der Waals surface area (Å²) < 4.78 is 51.4. The fourth-order valence-electron chi connectivity index (χ4n) is 5.09. The van der Waals surface area contributed by atoms with Crippen LogP contribution in [0.1, 0.15) is 46.0 Å². The minimum absolute atomic E-state index is 0.0634. The molecule has 4 aromatic rings. The number of fused-ring (bicyclic) bond motifs is 5. The molecule has 10 heteroatoms. The Bertz CT molecular complexity index is 1710. The van der Waals surface area contributed by atoms with Crippen LogP contribution in [0.4, 0.5) is 13.2 Å². The van der Waals surface area contributed by atoms with Crippen molar-refractivity contribution in [2.75, 3.05) is 0 Å². The van der Waals surface area contributed by atoms with Crippen molar-refractivity contribution in [3.63, 3.8) is 0 Å². The van der Waals surface area contributed by atoms with Gasteiger partial charge < -0.3 is 14.0 Å². The van der Waals surface area contributed by atoms with Crippen LogP contribution in [-0.2, 0) is 39.2 Å². The number of para-hydroxylation sites is 1. The van der Waals surface area contributed by atoms with Crippen molar-refractivity contribution in [3.05, 3.63) is 98.8 Å². The number of hydrogen-bond donors (Lipinski definition) is 0. The number of aromatic nitrogens is 2. The topological polar surface area (TPSA) is 87.5 Å². The molecule has 0 aliphatic carbocycles. The lowest BCUT2D eigenvalue weighted by Gasteiger charge is -2.35. The normalized spacial score (nSPS) is 17.9. The first-order valence-electron chi connectivity index (χ1n) is 11.9. The van der Waals surface area contributed by atoms with E-state index in [0.29, 0.717) is 11.4 Å². The van der Waals surface area contributed by atoms with Crippen LogP contribution in [0.5, 0.6) is 0 Å². The van der Waals surface area contributed by atoms with Gasteiger partial charge in [-0.1, -0.05) is 25.1 Å². The largest absolute Gasteiger partial charge is 0.457 e. The smallest absolute Gasteiger partial charge is 0.416 e. The van der Waals surface area contributed by atoms with Gasteiger partial charge in [0.05, 0.1) is 40.1 Å². The maximum atomic E-state index is 13.6. The number of carbonyl (C=O) groups excluding carboxylic acids is 2. The van der Waals surface area contributed by atoms with Gasteiger partial charge in [-0.2, -0.15) is 13.2 Å². The van der Waals surface area contributed by atoms with E-state index in [0.717, 1.165) is 40.7 Å². The molecule has 192 valence electrons. The summed E-state index contributed by atoms with van der Waals surface area (Å²) in [5, 5.41) is 0.920. The highest BCUT2D eigenvalue weighted by Gasteiger charge is 2.50. The van der Waals surface area contributed by atoms with Crippen LogP contribution >= 0.6 is 0 Å². The van der Waals surface area contributed by atoms with Crippen LogP contribution in [0.15, 0.2) is 65.5 Å². The monoisotopic (exact) mass is 520 g/mol. The lowest BCUT2D eigenvalue weighted by atomic mass is 9.85. The minimum Gasteiger partial charge on any atom is -0.457 e. The molecule has 7 nitrogen and oxygen atoms in total. The van der Waals surface area contributed by atoms with Crippen molar-refractivity contribution >= 4 is 22.8 Å². The fraction of sp³-hybridized carbons (Fsp3) is 0.214. The molecule has 0 saturated carbocycles. The molecule has 0 N–H and O–H groups in total. The van der Waals surface area contributed by atoms with E-state index in [-0.39, 0.29) is 36.3 Å². The van der Waals surface area contributed by atoms with Gasteiger partial charge >= 0.3 is 18.1 Å². The molecule has 0 amide bonds. The molecule has 2 aromatic heterocycles. The van der Waals surface area contributed by atoms with Gasteiger partial charge in [0.25, 0.3) is 5.56 Å². The lowest BCUT2D eigenvalue weighted by molar-refractivity contribution is -0.173. The molecule has 4 heterocycles. The standard InChI is InChI=1S/C28H19F3N2O5/c1-2-27(38-25(35)15-7-9-18(10-8-15)28(29,30)31)20-12-22-23-17(11-16-5-3-4-6-21(16)32-23)13-33(22)24(34)19(20)14-37-26(27)36/h3-12H,2,13-14H2,1H3/t27-/m0/s1. The summed E-state index contributed by atoms with van der Waals surface area (Å²) in [5.74, 6) is -1.88. The quantitative estimate of drug-likeness (QED) is 0.313. The second-order valence-corrected chi connectivity index (χ2v) is 9.22. The number of hydrogen-bond acceptors (Lipinski definition) is 6. The third-order valence-electron chi connectivity index (χ3n) is 7.10. The molecule has 2 aliphatic rings. The molecule has 0 spiro atoms. The molecule has 1 atom stereocenters. The molecular weight excluding hydrogens is 501 g/mol. The van der Waals surface area contributed by atoms with Crippen molar-refractivity contribution < 1.29 is 32.2 Å².